The van der Waals surface area contributed by atoms with E-state index in [-0.39, 0.29) is 39.7 Å². The molecular formula is C9H8AgCrO. The Labute approximate surface area is 98.5 Å². The van der Waals surface area contributed by atoms with Gasteiger partial charge >= 0.3 is 0 Å². The summed E-state index contributed by atoms with van der Waals surface area (Å²) in [6, 6.07) is 8.03. The van der Waals surface area contributed by atoms with Crippen LogP contribution in [0.25, 0.3) is 6.08 Å². The average Bonchev–Trinajstić information content (AvgIpc) is 2.05. The second-order valence-electron chi connectivity index (χ2n) is 2.25. The van der Waals surface area contributed by atoms with Gasteiger partial charge in [0.25, 0.3) is 0 Å². The van der Waals surface area contributed by atoms with Gasteiger partial charge in [-0.15, -0.1) is 0 Å². The van der Waals surface area contributed by atoms with Crippen molar-refractivity contribution < 1.29 is 44.5 Å². The molecule has 1 aliphatic heterocycles. The van der Waals surface area contributed by atoms with Crippen molar-refractivity contribution in [2.45, 2.75) is 0 Å². The summed E-state index contributed by atoms with van der Waals surface area (Å²) in [7, 11) is 0. The maximum atomic E-state index is 5.34. The van der Waals surface area contributed by atoms with E-state index in [1.165, 1.54) is 5.56 Å². The topological polar surface area (TPSA) is 9.23 Å². The molecule has 67 valence electrons. The minimum absolute atomic E-state index is 0. The summed E-state index contributed by atoms with van der Waals surface area (Å²) in [4.78, 5) is 0. The van der Waals surface area contributed by atoms with Crippen LogP contribution in [0, 0.1) is 0 Å². The molecule has 1 radical (unpaired) electrons. The molecule has 0 atom stereocenters. The van der Waals surface area contributed by atoms with Gasteiger partial charge in [-0.2, -0.15) is 0 Å². The minimum Gasteiger partial charge on any atom is -0.489 e. The van der Waals surface area contributed by atoms with Crippen molar-refractivity contribution in [2.75, 3.05) is 6.61 Å². The van der Waals surface area contributed by atoms with Gasteiger partial charge in [0.2, 0.25) is 0 Å². The Morgan fingerprint density at radius 3 is 2.67 bits per heavy atom. The molecule has 1 heterocycles. The molecule has 0 bridgehead atoms. The van der Waals surface area contributed by atoms with E-state index in [4.69, 9.17) is 4.74 Å². The van der Waals surface area contributed by atoms with Gasteiger partial charge < -0.3 is 4.74 Å². The number of hydrogen-bond donors (Lipinski definition) is 0. The van der Waals surface area contributed by atoms with Crippen molar-refractivity contribution in [2.24, 2.45) is 0 Å². The van der Waals surface area contributed by atoms with Gasteiger partial charge in [-0.25, -0.2) is 0 Å². The maximum absolute atomic E-state index is 5.34. The van der Waals surface area contributed by atoms with Crippen LogP contribution >= 0.6 is 0 Å². The number of fused-ring (bicyclic) bond motifs is 1. The van der Waals surface area contributed by atoms with Gasteiger partial charge in [-0.1, -0.05) is 24.3 Å². The molecule has 3 heteroatoms. The smallest absolute Gasteiger partial charge is 0.126 e. The van der Waals surface area contributed by atoms with Crippen LogP contribution in [0.5, 0.6) is 5.75 Å². The van der Waals surface area contributed by atoms with Crippen LogP contribution in [0.15, 0.2) is 30.3 Å². The van der Waals surface area contributed by atoms with Crippen molar-refractivity contribution in [1.82, 2.24) is 0 Å². The van der Waals surface area contributed by atoms with Crippen LogP contribution in [0.2, 0.25) is 0 Å². The van der Waals surface area contributed by atoms with E-state index in [2.05, 4.69) is 6.08 Å². The third-order valence-electron chi connectivity index (χ3n) is 1.55. The van der Waals surface area contributed by atoms with E-state index >= 15 is 0 Å². The fourth-order valence-corrected chi connectivity index (χ4v) is 1.06. The van der Waals surface area contributed by atoms with Crippen molar-refractivity contribution in [3.8, 4) is 5.75 Å². The summed E-state index contributed by atoms with van der Waals surface area (Å²) < 4.78 is 5.34. The summed E-state index contributed by atoms with van der Waals surface area (Å²) in [5.74, 6) is 0.991. The van der Waals surface area contributed by atoms with E-state index in [0.29, 0.717) is 6.61 Å². The zero-order valence-corrected chi connectivity index (χ0v) is 9.05. The molecule has 1 nitrogen and oxygen atoms in total. The molecule has 1 aliphatic rings. The van der Waals surface area contributed by atoms with Crippen LogP contribution in [0.1, 0.15) is 5.56 Å². The quantitative estimate of drug-likeness (QED) is 0.665. The normalized spacial score (nSPS) is 11.7. The van der Waals surface area contributed by atoms with Crippen molar-refractivity contribution in [3.05, 3.63) is 35.9 Å². The van der Waals surface area contributed by atoms with E-state index in [1.54, 1.807) is 0 Å². The van der Waals surface area contributed by atoms with E-state index in [1.807, 2.05) is 30.3 Å². The Morgan fingerprint density at radius 2 is 1.92 bits per heavy atom. The number of rotatable bonds is 0. The molecular weight excluding hydrogens is 284 g/mol. The fraction of sp³-hybridized carbons (Fsp3) is 0.111. The molecule has 0 N–H and O–H groups in total. The molecule has 0 saturated carbocycles. The molecule has 1 aromatic rings. The number of benzene rings is 1. The van der Waals surface area contributed by atoms with Crippen molar-refractivity contribution in [1.29, 1.82) is 0 Å². The van der Waals surface area contributed by atoms with Gasteiger partial charge in [0.05, 0.1) is 0 Å². The zero-order valence-electron chi connectivity index (χ0n) is 6.29. The molecule has 0 aliphatic carbocycles. The van der Waals surface area contributed by atoms with Gasteiger partial charge in [-0.3, -0.25) is 0 Å². The van der Waals surface area contributed by atoms with Gasteiger partial charge in [0.1, 0.15) is 12.4 Å². The third-order valence-corrected chi connectivity index (χ3v) is 1.55. The second-order valence-corrected chi connectivity index (χ2v) is 2.25. The summed E-state index contributed by atoms with van der Waals surface area (Å²) >= 11 is 0. The number of para-hydroxylation sites is 1. The van der Waals surface area contributed by atoms with Crippen LogP contribution in [-0.2, 0) is 39.7 Å². The molecule has 0 saturated heterocycles. The summed E-state index contributed by atoms with van der Waals surface area (Å²) in [6.45, 7) is 0.705. The first kappa shape index (κ1) is 12.0. The Balaban J connectivity index is 0.000000605. The Hall–Kier alpha value is 0.0327. The molecule has 2 rings (SSSR count). The zero-order chi connectivity index (χ0) is 6.81. The first-order valence-electron chi connectivity index (χ1n) is 3.35. The SMILES string of the molecule is C1=Cc2ccccc2OC1.[Ag].[Cr]. The van der Waals surface area contributed by atoms with Gasteiger partial charge in [0.15, 0.2) is 0 Å². The third kappa shape index (κ3) is 2.52. The summed E-state index contributed by atoms with van der Waals surface area (Å²) in [5.41, 5.74) is 1.17. The Morgan fingerprint density at radius 1 is 1.17 bits per heavy atom. The summed E-state index contributed by atoms with van der Waals surface area (Å²) in [5, 5.41) is 0. The summed E-state index contributed by atoms with van der Waals surface area (Å²) in [6.07, 6.45) is 4.10. The van der Waals surface area contributed by atoms with E-state index < -0.39 is 0 Å². The standard InChI is InChI=1S/C9H8O.Ag.Cr/c1-2-6-9-8(4-1)5-3-7-10-9;;/h1-6H,7H2;;. The van der Waals surface area contributed by atoms with Crippen LogP contribution < -0.4 is 4.74 Å². The second kappa shape index (κ2) is 5.64. The van der Waals surface area contributed by atoms with Gasteiger partial charge in [0, 0.05) is 45.3 Å². The molecule has 0 fully saturated rings. The monoisotopic (exact) mass is 291 g/mol. The van der Waals surface area contributed by atoms with Crippen LogP contribution in [-0.4, -0.2) is 6.61 Å². The predicted molar refractivity (Wildman–Crippen MR) is 41.0 cm³/mol. The van der Waals surface area contributed by atoms with E-state index in [9.17, 15) is 0 Å². The number of hydrogen-bond acceptors (Lipinski definition) is 1. The predicted octanol–water partition coefficient (Wildman–Crippen LogP) is 2.09. The van der Waals surface area contributed by atoms with Crippen LogP contribution in [0.4, 0.5) is 0 Å². The maximum Gasteiger partial charge on any atom is 0.126 e. The van der Waals surface area contributed by atoms with E-state index in [0.717, 1.165) is 5.75 Å². The van der Waals surface area contributed by atoms with Crippen LogP contribution in [0.3, 0.4) is 0 Å². The Bertz CT molecular complexity index is 273. The molecule has 12 heavy (non-hydrogen) atoms. The molecule has 0 aromatic heterocycles. The molecule has 0 unspecified atom stereocenters. The van der Waals surface area contributed by atoms with Crippen molar-refractivity contribution in [3.63, 3.8) is 0 Å². The first-order valence-corrected chi connectivity index (χ1v) is 3.35. The average molecular weight is 292 g/mol. The largest absolute Gasteiger partial charge is 0.489 e. The first-order chi connectivity index (χ1) is 4.97. The van der Waals surface area contributed by atoms with Crippen molar-refractivity contribution >= 4 is 6.08 Å². The molecule has 1 aromatic carbocycles. The fourth-order valence-electron chi connectivity index (χ4n) is 1.06. The molecule has 0 spiro atoms. The minimum atomic E-state index is 0. The molecule has 0 amide bonds. The Kier molecular flexibility index (Phi) is 5.65. The number of ether oxygens (including phenoxy) is 1. The van der Waals surface area contributed by atoms with Gasteiger partial charge in [-0.05, 0) is 12.1 Å².